The van der Waals surface area contributed by atoms with Crippen LogP contribution in [0.3, 0.4) is 0 Å². The Balaban J connectivity index is 1.65. The number of hydrogen-bond acceptors (Lipinski definition) is 2. The molecule has 2 heterocycles. The second kappa shape index (κ2) is 4.43. The predicted molar refractivity (Wildman–Crippen MR) is 69.0 cm³/mol. The SMILES string of the molecule is Cc1cccc(C(C)NC2CC3CCC2O3)c1. The Morgan fingerprint density at radius 1 is 1.35 bits per heavy atom. The average Bonchev–Trinajstić information content (AvgIpc) is 2.91. The van der Waals surface area contributed by atoms with E-state index in [9.17, 15) is 0 Å². The minimum atomic E-state index is 0.419. The molecule has 2 fully saturated rings. The van der Waals surface area contributed by atoms with Gasteiger partial charge in [0.05, 0.1) is 12.2 Å². The van der Waals surface area contributed by atoms with Gasteiger partial charge in [0.15, 0.2) is 0 Å². The third kappa shape index (κ3) is 2.24. The first-order chi connectivity index (χ1) is 8.22. The Labute approximate surface area is 103 Å². The minimum Gasteiger partial charge on any atom is -0.373 e. The van der Waals surface area contributed by atoms with Gasteiger partial charge in [0.25, 0.3) is 0 Å². The zero-order valence-corrected chi connectivity index (χ0v) is 10.6. The lowest BCUT2D eigenvalue weighted by atomic mass is 9.94. The normalized spacial score (nSPS) is 32.9. The summed E-state index contributed by atoms with van der Waals surface area (Å²) < 4.78 is 5.88. The predicted octanol–water partition coefficient (Wildman–Crippen LogP) is 2.97. The third-order valence-corrected chi connectivity index (χ3v) is 4.11. The fourth-order valence-corrected chi connectivity index (χ4v) is 3.17. The molecule has 2 nitrogen and oxygen atoms in total. The van der Waals surface area contributed by atoms with Crippen LogP contribution in [0.15, 0.2) is 24.3 Å². The number of rotatable bonds is 3. The molecule has 0 aromatic heterocycles. The molecule has 4 atom stereocenters. The molecule has 1 aromatic rings. The maximum atomic E-state index is 5.88. The summed E-state index contributed by atoms with van der Waals surface area (Å²) in [5, 5.41) is 3.73. The molecule has 2 aliphatic heterocycles. The lowest BCUT2D eigenvalue weighted by Gasteiger charge is -2.25. The molecule has 17 heavy (non-hydrogen) atoms. The summed E-state index contributed by atoms with van der Waals surface area (Å²) in [4.78, 5) is 0. The van der Waals surface area contributed by atoms with Gasteiger partial charge in [-0.05, 0) is 38.7 Å². The van der Waals surface area contributed by atoms with Crippen molar-refractivity contribution in [1.82, 2.24) is 5.32 Å². The second-order valence-electron chi connectivity index (χ2n) is 5.52. The van der Waals surface area contributed by atoms with Crippen LogP contribution in [-0.4, -0.2) is 18.2 Å². The summed E-state index contributed by atoms with van der Waals surface area (Å²) in [5.41, 5.74) is 2.72. The standard InChI is InChI=1S/C15H21NO/c1-10-4-3-5-12(8-10)11(2)16-14-9-13-6-7-15(14)17-13/h3-5,8,11,13-16H,6-7,9H2,1-2H3. The zero-order chi connectivity index (χ0) is 11.8. The molecule has 2 aliphatic rings. The van der Waals surface area contributed by atoms with Crippen molar-refractivity contribution in [1.29, 1.82) is 0 Å². The molecular formula is C15H21NO. The molecule has 0 spiro atoms. The van der Waals surface area contributed by atoms with E-state index in [1.165, 1.54) is 30.4 Å². The van der Waals surface area contributed by atoms with Gasteiger partial charge < -0.3 is 10.1 Å². The van der Waals surface area contributed by atoms with Crippen LogP contribution >= 0.6 is 0 Å². The first kappa shape index (κ1) is 11.2. The summed E-state index contributed by atoms with van der Waals surface area (Å²) >= 11 is 0. The van der Waals surface area contributed by atoms with Crippen molar-refractivity contribution >= 4 is 0 Å². The van der Waals surface area contributed by atoms with Crippen LogP contribution in [-0.2, 0) is 4.74 Å². The van der Waals surface area contributed by atoms with Crippen LogP contribution in [0.4, 0.5) is 0 Å². The van der Waals surface area contributed by atoms with E-state index >= 15 is 0 Å². The van der Waals surface area contributed by atoms with Crippen molar-refractivity contribution in [2.45, 2.75) is 57.4 Å². The number of hydrogen-bond donors (Lipinski definition) is 1. The van der Waals surface area contributed by atoms with E-state index in [1.54, 1.807) is 0 Å². The molecule has 2 heteroatoms. The maximum Gasteiger partial charge on any atom is 0.0733 e. The first-order valence-corrected chi connectivity index (χ1v) is 6.70. The molecule has 2 bridgehead atoms. The summed E-state index contributed by atoms with van der Waals surface area (Å²) in [5.74, 6) is 0. The molecule has 0 aliphatic carbocycles. The van der Waals surface area contributed by atoms with Gasteiger partial charge in [0.2, 0.25) is 0 Å². The van der Waals surface area contributed by atoms with Gasteiger partial charge in [-0.2, -0.15) is 0 Å². The van der Waals surface area contributed by atoms with E-state index in [4.69, 9.17) is 4.74 Å². The van der Waals surface area contributed by atoms with E-state index in [1.807, 2.05) is 0 Å². The highest BCUT2D eigenvalue weighted by atomic mass is 16.5. The van der Waals surface area contributed by atoms with Gasteiger partial charge in [-0.3, -0.25) is 0 Å². The van der Waals surface area contributed by atoms with E-state index < -0.39 is 0 Å². The van der Waals surface area contributed by atoms with Crippen molar-refractivity contribution in [3.05, 3.63) is 35.4 Å². The van der Waals surface area contributed by atoms with Crippen LogP contribution in [0.5, 0.6) is 0 Å². The molecule has 0 amide bonds. The minimum absolute atomic E-state index is 0.419. The van der Waals surface area contributed by atoms with E-state index in [2.05, 4.69) is 43.4 Å². The Morgan fingerprint density at radius 3 is 2.88 bits per heavy atom. The molecule has 0 radical (unpaired) electrons. The van der Waals surface area contributed by atoms with E-state index in [0.29, 0.717) is 24.3 Å². The largest absolute Gasteiger partial charge is 0.373 e. The van der Waals surface area contributed by atoms with Gasteiger partial charge in [0.1, 0.15) is 0 Å². The Hall–Kier alpha value is -0.860. The first-order valence-electron chi connectivity index (χ1n) is 6.70. The van der Waals surface area contributed by atoms with Crippen LogP contribution in [0.25, 0.3) is 0 Å². The van der Waals surface area contributed by atoms with Crippen LogP contribution in [0.2, 0.25) is 0 Å². The number of ether oxygens (including phenoxy) is 1. The second-order valence-corrected chi connectivity index (χ2v) is 5.52. The zero-order valence-electron chi connectivity index (χ0n) is 10.6. The molecule has 3 rings (SSSR count). The van der Waals surface area contributed by atoms with Crippen molar-refractivity contribution in [3.63, 3.8) is 0 Å². The third-order valence-electron chi connectivity index (χ3n) is 4.11. The summed E-state index contributed by atoms with van der Waals surface area (Å²) in [6.07, 6.45) is 4.69. The van der Waals surface area contributed by atoms with E-state index in [0.717, 1.165) is 0 Å². The highest BCUT2D eigenvalue weighted by molar-refractivity contribution is 5.24. The summed E-state index contributed by atoms with van der Waals surface area (Å²) in [6, 6.07) is 9.74. The Morgan fingerprint density at radius 2 is 2.24 bits per heavy atom. The maximum absolute atomic E-state index is 5.88. The topological polar surface area (TPSA) is 21.3 Å². The summed E-state index contributed by atoms with van der Waals surface area (Å²) in [6.45, 7) is 4.40. The molecular weight excluding hydrogens is 210 g/mol. The van der Waals surface area contributed by atoms with Gasteiger partial charge in [-0.1, -0.05) is 29.8 Å². The van der Waals surface area contributed by atoms with Crippen molar-refractivity contribution < 1.29 is 4.74 Å². The monoisotopic (exact) mass is 231 g/mol. The van der Waals surface area contributed by atoms with Crippen molar-refractivity contribution in [2.24, 2.45) is 0 Å². The smallest absolute Gasteiger partial charge is 0.0733 e. The molecule has 1 N–H and O–H groups in total. The van der Waals surface area contributed by atoms with Gasteiger partial charge in [-0.15, -0.1) is 0 Å². The van der Waals surface area contributed by atoms with Crippen LogP contribution in [0, 0.1) is 6.92 Å². The number of aryl methyl sites for hydroxylation is 1. The average molecular weight is 231 g/mol. The molecule has 4 unspecified atom stereocenters. The summed E-state index contributed by atoms with van der Waals surface area (Å²) in [7, 11) is 0. The van der Waals surface area contributed by atoms with Crippen molar-refractivity contribution in [2.75, 3.05) is 0 Å². The van der Waals surface area contributed by atoms with Crippen LogP contribution < -0.4 is 5.32 Å². The van der Waals surface area contributed by atoms with Crippen molar-refractivity contribution in [3.8, 4) is 0 Å². The molecule has 2 saturated heterocycles. The Kier molecular flexibility index (Phi) is 2.93. The highest BCUT2D eigenvalue weighted by Crippen LogP contribution is 2.35. The lowest BCUT2D eigenvalue weighted by molar-refractivity contribution is 0.0962. The fourth-order valence-electron chi connectivity index (χ4n) is 3.17. The Bertz CT molecular complexity index is 404. The highest BCUT2D eigenvalue weighted by Gasteiger charge is 2.40. The number of benzene rings is 1. The fraction of sp³-hybridized carbons (Fsp3) is 0.600. The van der Waals surface area contributed by atoms with Gasteiger partial charge >= 0.3 is 0 Å². The van der Waals surface area contributed by atoms with E-state index in [-0.39, 0.29) is 0 Å². The van der Waals surface area contributed by atoms with Crippen LogP contribution in [0.1, 0.15) is 43.4 Å². The quantitative estimate of drug-likeness (QED) is 0.863. The van der Waals surface area contributed by atoms with Gasteiger partial charge in [-0.25, -0.2) is 0 Å². The lowest BCUT2D eigenvalue weighted by Crippen LogP contribution is -2.38. The number of fused-ring (bicyclic) bond motifs is 2. The molecule has 1 aromatic carbocycles. The molecule has 92 valence electrons. The van der Waals surface area contributed by atoms with Gasteiger partial charge in [0, 0.05) is 12.1 Å². The number of nitrogens with one attached hydrogen (secondary N) is 1. The molecule has 0 saturated carbocycles.